The van der Waals surface area contributed by atoms with Gasteiger partial charge in [0.05, 0.1) is 32.0 Å². The number of methoxy groups -OCH3 is 1. The van der Waals surface area contributed by atoms with Gasteiger partial charge in [-0.05, 0) is 44.6 Å². The molecule has 0 amide bonds. The van der Waals surface area contributed by atoms with Crippen LogP contribution in [0.25, 0.3) is 0 Å². The van der Waals surface area contributed by atoms with E-state index in [1.54, 1.807) is 38.5 Å². The zero-order valence-electron chi connectivity index (χ0n) is 24.8. The molecule has 0 aromatic carbocycles. The smallest absolute Gasteiger partial charge is 0.335 e. The number of hydrogen-bond donors (Lipinski definition) is 1. The lowest BCUT2D eigenvalue weighted by Crippen LogP contribution is -2.69. The molecule has 9 nitrogen and oxygen atoms in total. The molecule has 0 radical (unpaired) electrons. The second-order valence-electron chi connectivity index (χ2n) is 13.2. The number of cyclic esters (lactones) is 1. The van der Waals surface area contributed by atoms with Crippen molar-refractivity contribution in [2.75, 3.05) is 7.11 Å². The van der Waals surface area contributed by atoms with Gasteiger partial charge in [0.25, 0.3) is 0 Å². The van der Waals surface area contributed by atoms with E-state index in [1.165, 1.54) is 7.11 Å². The number of ether oxygens (including phenoxy) is 3. The number of allylic oxidation sites excluding steroid dienone is 2. The number of carbonyl (C=O) groups excluding carboxylic acids is 4. The van der Waals surface area contributed by atoms with Crippen molar-refractivity contribution in [1.82, 2.24) is 0 Å². The van der Waals surface area contributed by atoms with E-state index in [0.29, 0.717) is 18.4 Å². The van der Waals surface area contributed by atoms with E-state index < -0.39 is 58.3 Å². The second kappa shape index (κ2) is 9.96. The summed E-state index contributed by atoms with van der Waals surface area (Å²) >= 11 is 0. The third-order valence-electron chi connectivity index (χ3n) is 10.8. The Morgan fingerprint density at radius 2 is 1.88 bits per heavy atom. The van der Waals surface area contributed by atoms with Crippen LogP contribution in [0.5, 0.6) is 0 Å². The van der Waals surface area contributed by atoms with Crippen LogP contribution in [0.2, 0.25) is 0 Å². The molecule has 2 saturated carbocycles. The van der Waals surface area contributed by atoms with Gasteiger partial charge < -0.3 is 23.7 Å². The van der Waals surface area contributed by atoms with E-state index in [0.717, 1.165) is 11.1 Å². The molecule has 222 valence electrons. The monoisotopic (exact) mass is 568 g/mol. The summed E-state index contributed by atoms with van der Waals surface area (Å²) in [5.74, 6) is -4.27. The zero-order chi connectivity index (χ0) is 30.1. The van der Waals surface area contributed by atoms with Crippen molar-refractivity contribution in [1.29, 1.82) is 0 Å². The van der Waals surface area contributed by atoms with Crippen LogP contribution >= 0.6 is 0 Å². The number of ketones is 1. The molecule has 1 N–H and O–H groups in total. The molecule has 3 aliphatic carbocycles. The highest BCUT2D eigenvalue weighted by atomic mass is 16.6. The number of hydrogen-bond acceptors (Lipinski definition) is 9. The van der Waals surface area contributed by atoms with Gasteiger partial charge in [0.1, 0.15) is 18.0 Å². The summed E-state index contributed by atoms with van der Waals surface area (Å²) in [6.45, 7) is 11.0. The van der Waals surface area contributed by atoms with Gasteiger partial charge in [-0.15, -0.1) is 0 Å². The van der Waals surface area contributed by atoms with Crippen LogP contribution in [0.3, 0.4) is 0 Å². The van der Waals surface area contributed by atoms with Gasteiger partial charge in [-0.25, -0.2) is 9.59 Å². The summed E-state index contributed by atoms with van der Waals surface area (Å²) in [5, 5.41) is 11.5. The number of esters is 3. The van der Waals surface area contributed by atoms with Crippen LogP contribution in [0, 0.1) is 39.9 Å². The van der Waals surface area contributed by atoms with Crippen molar-refractivity contribution in [3.05, 3.63) is 47.5 Å². The van der Waals surface area contributed by atoms with E-state index >= 15 is 0 Å². The minimum atomic E-state index is -1.63. The molecular formula is C32H40O9. The Morgan fingerprint density at radius 3 is 2.49 bits per heavy atom. The summed E-state index contributed by atoms with van der Waals surface area (Å²) < 4.78 is 22.2. The first-order valence-electron chi connectivity index (χ1n) is 14.3. The van der Waals surface area contributed by atoms with Crippen molar-refractivity contribution in [3.8, 4) is 0 Å². The summed E-state index contributed by atoms with van der Waals surface area (Å²) in [7, 11) is 1.20. The van der Waals surface area contributed by atoms with E-state index in [4.69, 9.17) is 18.6 Å². The van der Waals surface area contributed by atoms with E-state index in [2.05, 4.69) is 6.92 Å². The standard InChI is InChI=1S/C32H40O9/c1-8-16(2)28(36)41-27-19-13-18-20(32(6,25(19)35)24(30(27,3)4)23(34)29(37)38-7)9-11-31(5)21(18)14-22(33)40-26(31)17-10-12-39-15-17/h8,10,12-13,15,19-21,23-24,26-27,34H,9,11,14H2,1-7H3/t19-,20?,21?,23?,24+,26+,27?,31-,32-/m1/s1. The molecule has 2 bridgehead atoms. The van der Waals surface area contributed by atoms with E-state index in [1.807, 2.05) is 26.8 Å². The molecule has 0 spiro atoms. The molecule has 2 heterocycles. The highest BCUT2D eigenvalue weighted by Gasteiger charge is 2.70. The van der Waals surface area contributed by atoms with Crippen LogP contribution in [-0.4, -0.2) is 48.1 Å². The van der Waals surface area contributed by atoms with Gasteiger partial charge >= 0.3 is 17.9 Å². The Hall–Kier alpha value is -3.20. The Morgan fingerprint density at radius 1 is 1.17 bits per heavy atom. The summed E-state index contributed by atoms with van der Waals surface area (Å²) in [5.41, 5.74) is -0.563. The van der Waals surface area contributed by atoms with Gasteiger partial charge in [0, 0.05) is 33.3 Å². The number of aliphatic hydroxyl groups is 1. The Labute approximate surface area is 240 Å². The quantitative estimate of drug-likeness (QED) is 0.236. The average molecular weight is 569 g/mol. The summed E-state index contributed by atoms with van der Waals surface area (Å²) in [4.78, 5) is 53.4. The first-order valence-corrected chi connectivity index (χ1v) is 14.3. The van der Waals surface area contributed by atoms with Crippen LogP contribution < -0.4 is 0 Å². The molecule has 3 fully saturated rings. The molecule has 4 aliphatic rings. The largest absolute Gasteiger partial charge is 0.472 e. The van der Waals surface area contributed by atoms with Gasteiger partial charge in [-0.2, -0.15) is 0 Å². The minimum absolute atomic E-state index is 0.139. The normalized spacial score (nSPS) is 38.5. The van der Waals surface area contributed by atoms with Gasteiger partial charge in [0.2, 0.25) is 0 Å². The van der Waals surface area contributed by atoms with Crippen LogP contribution in [0.15, 0.2) is 46.3 Å². The van der Waals surface area contributed by atoms with Crippen molar-refractivity contribution in [2.45, 2.75) is 79.1 Å². The van der Waals surface area contributed by atoms with Gasteiger partial charge in [0.15, 0.2) is 6.10 Å². The zero-order valence-corrected chi connectivity index (χ0v) is 24.8. The highest BCUT2D eigenvalue weighted by molar-refractivity contribution is 5.95. The van der Waals surface area contributed by atoms with Crippen molar-refractivity contribution in [3.63, 3.8) is 0 Å². The second-order valence-corrected chi connectivity index (χ2v) is 13.2. The predicted molar refractivity (Wildman–Crippen MR) is 146 cm³/mol. The molecule has 1 aromatic heterocycles. The Balaban J connectivity index is 1.69. The molecule has 1 saturated heterocycles. The van der Waals surface area contributed by atoms with E-state index in [-0.39, 0.29) is 30.0 Å². The molecular weight excluding hydrogens is 528 g/mol. The first kappa shape index (κ1) is 29.3. The Kier molecular flexibility index (Phi) is 7.12. The third kappa shape index (κ3) is 4.14. The molecule has 1 aromatic rings. The molecule has 9 atom stereocenters. The summed E-state index contributed by atoms with van der Waals surface area (Å²) in [6.07, 6.45) is 4.96. The number of rotatable bonds is 5. The number of fused-ring (bicyclic) bond motifs is 6. The van der Waals surface area contributed by atoms with Gasteiger partial charge in [-0.3, -0.25) is 9.59 Å². The molecule has 5 rings (SSSR count). The fourth-order valence-corrected chi connectivity index (χ4v) is 8.68. The van der Waals surface area contributed by atoms with Crippen molar-refractivity contribution in [2.24, 2.45) is 39.9 Å². The number of furan rings is 1. The van der Waals surface area contributed by atoms with Crippen LogP contribution in [0.4, 0.5) is 0 Å². The van der Waals surface area contributed by atoms with Crippen molar-refractivity contribution >= 4 is 23.7 Å². The summed E-state index contributed by atoms with van der Waals surface area (Å²) in [6, 6.07) is 1.80. The lowest BCUT2D eigenvalue weighted by Gasteiger charge is -2.64. The number of carbonyl (C=O) groups is 4. The molecule has 1 aliphatic heterocycles. The maximum Gasteiger partial charge on any atom is 0.335 e. The first-order chi connectivity index (χ1) is 19.2. The number of aliphatic hydroxyl groups excluding tert-OH is 1. The molecule has 4 unspecified atom stereocenters. The average Bonchev–Trinajstić information content (AvgIpc) is 3.46. The minimum Gasteiger partial charge on any atom is -0.472 e. The van der Waals surface area contributed by atoms with Crippen LogP contribution in [-0.2, 0) is 33.4 Å². The molecule has 9 heteroatoms. The topological polar surface area (TPSA) is 129 Å². The fraction of sp³-hybridized carbons (Fsp3) is 0.625. The van der Waals surface area contributed by atoms with Crippen molar-refractivity contribution < 1.29 is 42.9 Å². The van der Waals surface area contributed by atoms with E-state index in [9.17, 15) is 24.3 Å². The lowest BCUT2D eigenvalue weighted by molar-refractivity contribution is -0.208. The number of Topliss-reactive ketones (excluding diaryl/α,β-unsaturated/α-hetero) is 1. The van der Waals surface area contributed by atoms with Crippen LogP contribution in [0.1, 0.15) is 72.5 Å². The fourth-order valence-electron chi connectivity index (χ4n) is 8.68. The molecule has 41 heavy (non-hydrogen) atoms. The predicted octanol–water partition coefficient (Wildman–Crippen LogP) is 4.50. The SMILES string of the molecule is CC=C(C)C(=O)OC1[C@@H]2C=C3C4CC(=O)O[C@@H](c5ccoc5)[C@]4(C)CCC3[C@@](C)(C2=O)[C@@H](C(O)C(=O)OC)C1(C)C. The lowest BCUT2D eigenvalue weighted by atomic mass is 9.40. The highest BCUT2D eigenvalue weighted by Crippen LogP contribution is 2.68. The maximum atomic E-state index is 14.5. The maximum absolute atomic E-state index is 14.5. The Bertz CT molecular complexity index is 1320. The van der Waals surface area contributed by atoms with Gasteiger partial charge in [-0.1, -0.05) is 45.4 Å². The third-order valence-corrected chi connectivity index (χ3v) is 10.8.